The molecule has 0 aliphatic carbocycles. The molecule has 0 saturated carbocycles. The van der Waals surface area contributed by atoms with Crippen molar-refractivity contribution in [3.05, 3.63) is 52.3 Å². The van der Waals surface area contributed by atoms with E-state index in [1.54, 1.807) is 24.3 Å². The molecule has 5 atom stereocenters. The summed E-state index contributed by atoms with van der Waals surface area (Å²) in [5.74, 6) is -1.53. The number of ether oxygens (including phenoxy) is 1. The summed E-state index contributed by atoms with van der Waals surface area (Å²) < 4.78 is 63.9. The van der Waals surface area contributed by atoms with E-state index in [-0.39, 0.29) is 6.61 Å². The molecule has 10 nitrogen and oxygen atoms in total. The van der Waals surface area contributed by atoms with Crippen LogP contribution in [0, 0.1) is 5.82 Å². The van der Waals surface area contributed by atoms with Crippen LogP contribution in [0.25, 0.3) is 0 Å². The Hall–Kier alpha value is -2.06. The summed E-state index contributed by atoms with van der Waals surface area (Å²) in [6.07, 6.45) is -9.12. The first kappa shape index (κ1) is 23.1. The molecule has 174 valence electrons. The van der Waals surface area contributed by atoms with Crippen LogP contribution in [0.5, 0.6) is 5.75 Å². The summed E-state index contributed by atoms with van der Waals surface area (Å²) in [6, 6.07) is 6.74. The Labute approximate surface area is 183 Å². The van der Waals surface area contributed by atoms with Gasteiger partial charge in [0.15, 0.2) is 23.5 Å². The average molecular weight is 495 g/mol. The van der Waals surface area contributed by atoms with Crippen LogP contribution in [-0.4, -0.2) is 50.6 Å². The summed E-state index contributed by atoms with van der Waals surface area (Å²) in [6.45, 7) is -4.62. The van der Waals surface area contributed by atoms with Crippen molar-refractivity contribution in [2.24, 2.45) is 0 Å². The van der Waals surface area contributed by atoms with Gasteiger partial charge in [0, 0.05) is 17.4 Å². The lowest BCUT2D eigenvalue weighted by atomic mass is 9.96. The van der Waals surface area contributed by atoms with Gasteiger partial charge in [-0.05, 0) is 6.07 Å². The second-order valence-electron chi connectivity index (χ2n) is 7.06. The summed E-state index contributed by atoms with van der Waals surface area (Å²) in [4.78, 5) is 15.2. The van der Waals surface area contributed by atoms with Crippen LogP contribution < -0.4 is 15.9 Å². The average Bonchev–Trinajstić information content (AvgIpc) is 3.01. The monoisotopic (exact) mass is 495 g/mol. The van der Waals surface area contributed by atoms with E-state index in [0.29, 0.717) is 22.1 Å². The number of nitrogens with zero attached hydrogens (tertiary/aromatic N) is 2. The number of halogens is 3. The maximum atomic E-state index is 14.1. The maximum Gasteiger partial charge on any atom is 0.381 e. The van der Waals surface area contributed by atoms with Crippen LogP contribution in [-0.2, 0) is 32.2 Å². The van der Waals surface area contributed by atoms with Gasteiger partial charge >= 0.3 is 12.4 Å². The first-order valence-electron chi connectivity index (χ1n) is 9.09. The van der Waals surface area contributed by atoms with Crippen molar-refractivity contribution in [3.8, 4) is 5.75 Å². The molecule has 4 N–H and O–H groups in total. The lowest BCUT2D eigenvalue weighted by Gasteiger charge is -2.34. The van der Waals surface area contributed by atoms with Crippen molar-refractivity contribution in [1.82, 2.24) is 9.55 Å². The zero-order valence-corrected chi connectivity index (χ0v) is 17.7. The van der Waals surface area contributed by atoms with E-state index in [0.717, 1.165) is 0 Å². The van der Waals surface area contributed by atoms with Crippen molar-refractivity contribution in [2.75, 3.05) is 12.3 Å². The van der Waals surface area contributed by atoms with Crippen molar-refractivity contribution in [1.29, 1.82) is 0 Å². The van der Waals surface area contributed by atoms with E-state index in [1.807, 2.05) is 0 Å². The number of hydrogen-bond donors (Lipinski definition) is 3. The molecule has 4 rings (SSSR count). The SMILES string of the molecule is Nc1nc(=O)n([C@@H]2O[C@@](COP3(=S)OCc4ccccc4O3)(C(F)F)[C@@H](O)[C@@H]2O)cc1F. The van der Waals surface area contributed by atoms with Gasteiger partial charge in [-0.25, -0.2) is 18.0 Å². The number of alkyl halides is 2. The standard InChI is InChI=1S/C17H17F3N3O7PS/c18-9-5-23(16(26)22-13(9)21)14-11(24)12(25)17(29-14,15(19)20)7-28-31(32)27-6-8-3-1-2-4-10(8)30-31/h1-5,11-12,14-15,24-25H,6-7H2,(H2,21,22,26)/t11-,12-,14+,17+,31?/m0/s1. The minimum atomic E-state index is -3.57. The van der Waals surface area contributed by atoms with Crippen molar-refractivity contribution in [3.63, 3.8) is 0 Å². The van der Waals surface area contributed by atoms with Crippen LogP contribution in [0.3, 0.4) is 0 Å². The number of rotatable bonds is 5. The molecule has 2 aliphatic heterocycles. The number of aliphatic hydroxyl groups excluding tert-OH is 2. The number of anilines is 1. The Morgan fingerprint density at radius 2 is 2.12 bits per heavy atom. The number of aromatic nitrogens is 2. The van der Waals surface area contributed by atoms with Gasteiger partial charge in [-0.3, -0.25) is 13.6 Å². The number of aliphatic hydroxyl groups is 2. The highest BCUT2D eigenvalue weighted by molar-refractivity contribution is 8.07. The minimum Gasteiger partial charge on any atom is -0.424 e. The highest BCUT2D eigenvalue weighted by atomic mass is 32.5. The van der Waals surface area contributed by atoms with Gasteiger partial charge in [-0.1, -0.05) is 18.2 Å². The van der Waals surface area contributed by atoms with Crippen LogP contribution in [0.15, 0.2) is 35.3 Å². The third kappa shape index (κ3) is 3.92. The molecule has 0 amide bonds. The molecule has 1 aromatic heterocycles. The molecule has 0 bridgehead atoms. The molecular weight excluding hydrogens is 478 g/mol. The zero-order valence-electron chi connectivity index (χ0n) is 16.0. The molecule has 1 fully saturated rings. The summed E-state index contributed by atoms with van der Waals surface area (Å²) >= 11 is 5.21. The highest BCUT2D eigenvalue weighted by Gasteiger charge is 2.61. The fourth-order valence-electron chi connectivity index (χ4n) is 3.28. The van der Waals surface area contributed by atoms with Gasteiger partial charge < -0.3 is 25.2 Å². The largest absolute Gasteiger partial charge is 0.424 e. The normalized spacial score (nSPS) is 32.0. The van der Waals surface area contributed by atoms with Gasteiger partial charge in [-0.2, -0.15) is 4.98 Å². The third-order valence-electron chi connectivity index (χ3n) is 5.04. The third-order valence-corrected chi connectivity index (χ3v) is 7.21. The maximum absolute atomic E-state index is 14.1. The Kier molecular flexibility index (Phi) is 6.05. The smallest absolute Gasteiger partial charge is 0.381 e. The summed E-state index contributed by atoms with van der Waals surface area (Å²) in [5.41, 5.74) is 1.85. The second kappa shape index (κ2) is 8.37. The van der Waals surface area contributed by atoms with Gasteiger partial charge in [0.25, 0.3) is 6.43 Å². The van der Waals surface area contributed by atoms with E-state index in [4.69, 9.17) is 35.8 Å². The zero-order chi connectivity index (χ0) is 23.3. The predicted molar refractivity (Wildman–Crippen MR) is 106 cm³/mol. The molecule has 1 aromatic carbocycles. The molecule has 0 radical (unpaired) electrons. The molecule has 3 heterocycles. The number of fused-ring (bicyclic) bond motifs is 1. The number of para-hydroxylation sites is 1. The van der Waals surface area contributed by atoms with E-state index >= 15 is 0 Å². The Bertz CT molecular complexity index is 1140. The van der Waals surface area contributed by atoms with Gasteiger partial charge in [0.2, 0.25) is 0 Å². The van der Waals surface area contributed by atoms with Crippen molar-refractivity contribution in [2.45, 2.75) is 37.1 Å². The van der Waals surface area contributed by atoms with Crippen LogP contribution in [0.4, 0.5) is 19.0 Å². The number of benzene rings is 1. The molecule has 32 heavy (non-hydrogen) atoms. The molecule has 0 spiro atoms. The quantitative estimate of drug-likeness (QED) is 0.517. The minimum absolute atomic E-state index is 0.00949. The first-order chi connectivity index (χ1) is 15.1. The number of hydrogen-bond acceptors (Lipinski definition) is 10. The van der Waals surface area contributed by atoms with Crippen LogP contribution in [0.1, 0.15) is 11.8 Å². The second-order valence-corrected chi connectivity index (χ2v) is 9.99. The fraction of sp³-hybridized carbons (Fsp3) is 0.412. The Balaban J connectivity index is 1.59. The first-order valence-corrected chi connectivity index (χ1v) is 11.6. The number of nitrogens with two attached hydrogens (primary N) is 1. The lowest BCUT2D eigenvalue weighted by molar-refractivity contribution is -0.193. The molecule has 2 aliphatic rings. The molecule has 2 aromatic rings. The van der Waals surface area contributed by atoms with Crippen molar-refractivity contribution >= 4 is 24.3 Å². The van der Waals surface area contributed by atoms with Gasteiger partial charge in [0.1, 0.15) is 18.0 Å². The van der Waals surface area contributed by atoms with Gasteiger partial charge in [-0.15, -0.1) is 0 Å². The topological polar surface area (TPSA) is 138 Å². The molecule has 1 saturated heterocycles. The predicted octanol–water partition coefficient (Wildman–Crippen LogP) is 1.07. The van der Waals surface area contributed by atoms with Gasteiger partial charge in [0.05, 0.1) is 19.4 Å². The Morgan fingerprint density at radius 1 is 1.41 bits per heavy atom. The van der Waals surface area contributed by atoms with E-state index < -0.39 is 61.1 Å². The van der Waals surface area contributed by atoms with E-state index in [2.05, 4.69) is 4.98 Å². The highest BCUT2D eigenvalue weighted by Crippen LogP contribution is 2.56. The van der Waals surface area contributed by atoms with Crippen LogP contribution >= 0.6 is 6.72 Å². The fourth-order valence-corrected chi connectivity index (χ4v) is 5.10. The van der Waals surface area contributed by atoms with Crippen LogP contribution in [0.2, 0.25) is 0 Å². The molecule has 15 heteroatoms. The summed E-state index contributed by atoms with van der Waals surface area (Å²) in [5, 5.41) is 20.7. The Morgan fingerprint density at radius 3 is 2.84 bits per heavy atom. The lowest BCUT2D eigenvalue weighted by Crippen LogP contribution is -2.52. The van der Waals surface area contributed by atoms with Crippen molar-refractivity contribution < 1.29 is 41.7 Å². The number of nitrogen functional groups attached to an aromatic ring is 1. The molecule has 1 unspecified atom stereocenters. The van der Waals surface area contributed by atoms with E-state index in [1.165, 1.54) is 0 Å². The molecular formula is C17H17F3N3O7PS. The summed E-state index contributed by atoms with van der Waals surface area (Å²) in [7, 11) is 0. The van der Waals surface area contributed by atoms with E-state index in [9.17, 15) is 28.2 Å².